The number of benzene rings is 1. The van der Waals surface area contributed by atoms with Gasteiger partial charge in [-0.05, 0) is 17.7 Å². The van der Waals surface area contributed by atoms with E-state index in [1.54, 1.807) is 6.07 Å². The summed E-state index contributed by atoms with van der Waals surface area (Å²) >= 11 is 3.35. The van der Waals surface area contributed by atoms with Gasteiger partial charge in [0.2, 0.25) is 0 Å². The van der Waals surface area contributed by atoms with E-state index in [9.17, 15) is 0 Å². The molecule has 0 saturated heterocycles. The van der Waals surface area contributed by atoms with E-state index in [2.05, 4.69) is 22.0 Å². The van der Waals surface area contributed by atoms with Gasteiger partial charge in [0.25, 0.3) is 0 Å². The van der Waals surface area contributed by atoms with Crippen molar-refractivity contribution in [3.05, 3.63) is 27.7 Å². The Morgan fingerprint density at radius 1 is 1.50 bits per heavy atom. The minimum absolute atomic E-state index is 0.622. The van der Waals surface area contributed by atoms with Crippen LogP contribution in [0.1, 0.15) is 11.1 Å². The van der Waals surface area contributed by atoms with Crippen molar-refractivity contribution in [3.63, 3.8) is 0 Å². The molecule has 0 aromatic heterocycles. The van der Waals surface area contributed by atoms with Gasteiger partial charge in [-0.15, -0.1) is 0 Å². The quantitative estimate of drug-likeness (QED) is 0.677. The highest BCUT2D eigenvalue weighted by Crippen LogP contribution is 2.32. The first kappa shape index (κ1) is 7.63. The van der Waals surface area contributed by atoms with Gasteiger partial charge in [-0.3, -0.25) is 0 Å². The normalized spacial score (nSPS) is 13.3. The Morgan fingerprint density at radius 2 is 2.33 bits per heavy atom. The molecule has 0 amide bonds. The molecule has 1 aliphatic rings. The number of ether oxygens (including phenoxy) is 1. The van der Waals surface area contributed by atoms with Crippen molar-refractivity contribution in [2.45, 2.75) is 6.42 Å². The summed E-state index contributed by atoms with van der Waals surface area (Å²) in [5.74, 6) is 0.765. The SMILES string of the molecule is N#Cc1cc(Br)cc2c1OCC2. The maximum atomic E-state index is 8.78. The lowest BCUT2D eigenvalue weighted by atomic mass is 10.1. The topological polar surface area (TPSA) is 33.0 Å². The van der Waals surface area contributed by atoms with Crippen LogP contribution in [0.5, 0.6) is 5.75 Å². The molecule has 0 spiro atoms. The van der Waals surface area contributed by atoms with Gasteiger partial charge in [-0.25, -0.2) is 0 Å². The van der Waals surface area contributed by atoms with Gasteiger partial charge in [0.15, 0.2) is 0 Å². The molecule has 1 aliphatic heterocycles. The molecule has 0 atom stereocenters. The van der Waals surface area contributed by atoms with Crippen LogP contribution in [0, 0.1) is 11.3 Å². The van der Waals surface area contributed by atoms with Crippen LogP contribution in [-0.4, -0.2) is 6.61 Å². The Kier molecular flexibility index (Phi) is 1.78. The van der Waals surface area contributed by atoms with Crippen LogP contribution in [0.2, 0.25) is 0 Å². The summed E-state index contributed by atoms with van der Waals surface area (Å²) in [6, 6.07) is 5.90. The first-order chi connectivity index (χ1) is 5.81. The van der Waals surface area contributed by atoms with E-state index in [0.717, 1.165) is 22.2 Å². The summed E-state index contributed by atoms with van der Waals surface area (Å²) < 4.78 is 6.28. The smallest absolute Gasteiger partial charge is 0.140 e. The standard InChI is InChI=1S/C9H6BrNO/c10-8-3-6-1-2-12-9(6)7(4-8)5-11/h3-4H,1-2H2. The molecule has 0 saturated carbocycles. The van der Waals surface area contributed by atoms with E-state index in [1.165, 1.54) is 0 Å². The number of nitrogens with zero attached hydrogens (tertiary/aromatic N) is 1. The molecule has 0 radical (unpaired) electrons. The van der Waals surface area contributed by atoms with Crippen LogP contribution >= 0.6 is 15.9 Å². The van der Waals surface area contributed by atoms with Crippen molar-refractivity contribution in [1.29, 1.82) is 5.26 Å². The van der Waals surface area contributed by atoms with Crippen molar-refractivity contribution >= 4 is 15.9 Å². The van der Waals surface area contributed by atoms with Crippen LogP contribution in [-0.2, 0) is 6.42 Å². The Hall–Kier alpha value is -1.01. The third-order valence-electron chi connectivity index (χ3n) is 1.87. The largest absolute Gasteiger partial charge is 0.492 e. The number of hydrogen-bond acceptors (Lipinski definition) is 2. The zero-order valence-corrected chi connectivity index (χ0v) is 7.89. The number of hydrogen-bond donors (Lipinski definition) is 0. The van der Waals surface area contributed by atoms with Crippen molar-refractivity contribution < 1.29 is 4.74 Å². The van der Waals surface area contributed by atoms with Crippen LogP contribution in [0.25, 0.3) is 0 Å². The summed E-state index contributed by atoms with van der Waals surface area (Å²) in [5.41, 5.74) is 1.75. The molecular formula is C9H6BrNO. The molecule has 3 heteroatoms. The highest BCUT2D eigenvalue weighted by atomic mass is 79.9. The second kappa shape index (κ2) is 2.80. The molecule has 1 aromatic rings. The van der Waals surface area contributed by atoms with Crippen LogP contribution < -0.4 is 4.74 Å². The zero-order valence-electron chi connectivity index (χ0n) is 6.30. The lowest BCUT2D eigenvalue weighted by Gasteiger charge is -2.01. The van der Waals surface area contributed by atoms with Gasteiger partial charge in [0.05, 0.1) is 12.2 Å². The molecule has 12 heavy (non-hydrogen) atoms. The molecule has 0 fully saturated rings. The summed E-state index contributed by atoms with van der Waals surface area (Å²) in [4.78, 5) is 0. The summed E-state index contributed by atoms with van der Waals surface area (Å²) in [7, 11) is 0. The van der Waals surface area contributed by atoms with Crippen LogP contribution in [0.15, 0.2) is 16.6 Å². The monoisotopic (exact) mass is 223 g/mol. The third kappa shape index (κ3) is 1.09. The Morgan fingerprint density at radius 3 is 3.08 bits per heavy atom. The third-order valence-corrected chi connectivity index (χ3v) is 2.33. The lowest BCUT2D eigenvalue weighted by Crippen LogP contribution is -1.88. The molecule has 0 unspecified atom stereocenters. The average molecular weight is 224 g/mol. The second-order valence-electron chi connectivity index (χ2n) is 2.65. The second-order valence-corrected chi connectivity index (χ2v) is 3.57. The van der Waals surface area contributed by atoms with Gasteiger partial charge in [-0.2, -0.15) is 5.26 Å². The van der Waals surface area contributed by atoms with E-state index in [4.69, 9.17) is 10.00 Å². The molecule has 60 valence electrons. The first-order valence-corrected chi connectivity index (χ1v) is 4.46. The minimum atomic E-state index is 0.622. The Balaban J connectivity index is 2.64. The van der Waals surface area contributed by atoms with Crippen LogP contribution in [0.4, 0.5) is 0 Å². The highest BCUT2D eigenvalue weighted by molar-refractivity contribution is 9.10. The van der Waals surface area contributed by atoms with Gasteiger partial charge in [-0.1, -0.05) is 15.9 Å². The van der Waals surface area contributed by atoms with Gasteiger partial charge in [0, 0.05) is 10.9 Å². The maximum absolute atomic E-state index is 8.78. The predicted molar refractivity (Wildman–Crippen MR) is 48.1 cm³/mol. The Bertz CT molecular complexity index is 368. The van der Waals surface area contributed by atoms with Gasteiger partial charge < -0.3 is 4.74 Å². The molecular weight excluding hydrogens is 218 g/mol. The predicted octanol–water partition coefficient (Wildman–Crippen LogP) is 2.26. The highest BCUT2D eigenvalue weighted by Gasteiger charge is 2.16. The van der Waals surface area contributed by atoms with E-state index < -0.39 is 0 Å². The van der Waals surface area contributed by atoms with E-state index >= 15 is 0 Å². The van der Waals surface area contributed by atoms with Crippen molar-refractivity contribution in [3.8, 4) is 11.8 Å². The van der Waals surface area contributed by atoms with E-state index in [0.29, 0.717) is 12.2 Å². The number of halogens is 1. The summed E-state index contributed by atoms with van der Waals surface area (Å²) in [5, 5.41) is 8.78. The summed E-state index contributed by atoms with van der Waals surface area (Å²) in [6.45, 7) is 0.695. The fourth-order valence-electron chi connectivity index (χ4n) is 1.35. The molecule has 2 rings (SSSR count). The van der Waals surface area contributed by atoms with Crippen molar-refractivity contribution in [2.24, 2.45) is 0 Å². The zero-order chi connectivity index (χ0) is 8.55. The number of fused-ring (bicyclic) bond motifs is 1. The maximum Gasteiger partial charge on any atom is 0.140 e. The van der Waals surface area contributed by atoms with Crippen LogP contribution in [0.3, 0.4) is 0 Å². The van der Waals surface area contributed by atoms with Crippen molar-refractivity contribution in [2.75, 3.05) is 6.61 Å². The number of rotatable bonds is 0. The van der Waals surface area contributed by atoms with E-state index in [-0.39, 0.29) is 0 Å². The fourth-order valence-corrected chi connectivity index (χ4v) is 1.86. The minimum Gasteiger partial charge on any atom is -0.492 e. The van der Waals surface area contributed by atoms with Crippen molar-refractivity contribution in [1.82, 2.24) is 0 Å². The summed E-state index contributed by atoms with van der Waals surface area (Å²) in [6.07, 6.45) is 0.906. The molecule has 0 aliphatic carbocycles. The lowest BCUT2D eigenvalue weighted by molar-refractivity contribution is 0.356. The van der Waals surface area contributed by atoms with Gasteiger partial charge >= 0.3 is 0 Å². The van der Waals surface area contributed by atoms with E-state index in [1.807, 2.05) is 6.07 Å². The number of nitriles is 1. The molecule has 0 bridgehead atoms. The molecule has 2 nitrogen and oxygen atoms in total. The molecule has 0 N–H and O–H groups in total. The van der Waals surface area contributed by atoms with Gasteiger partial charge in [0.1, 0.15) is 11.8 Å². The average Bonchev–Trinajstić information content (AvgIpc) is 2.50. The molecule has 1 heterocycles. The fraction of sp³-hybridized carbons (Fsp3) is 0.222. The Labute approximate surface area is 78.9 Å². The first-order valence-electron chi connectivity index (χ1n) is 3.66. The molecule has 1 aromatic carbocycles.